The van der Waals surface area contributed by atoms with Crippen LogP contribution >= 0.6 is 0 Å². The number of hydrogen-bond acceptors (Lipinski definition) is 2. The number of amides is 1. The van der Waals surface area contributed by atoms with E-state index in [0.29, 0.717) is 5.92 Å². The van der Waals surface area contributed by atoms with Crippen LogP contribution in [0.4, 0.5) is 5.69 Å². The van der Waals surface area contributed by atoms with Gasteiger partial charge in [0.05, 0.1) is 0 Å². The molecule has 3 heteroatoms. The molecule has 102 valence electrons. The quantitative estimate of drug-likeness (QED) is 0.884. The molecular weight excluding hydrogens is 236 g/mol. The molecule has 2 heterocycles. The van der Waals surface area contributed by atoms with Gasteiger partial charge in [0, 0.05) is 25.2 Å². The monoisotopic (exact) mass is 258 g/mol. The van der Waals surface area contributed by atoms with Crippen molar-refractivity contribution in [2.24, 2.45) is 5.92 Å². The van der Waals surface area contributed by atoms with E-state index in [1.165, 1.54) is 18.4 Å². The number of rotatable bonds is 2. The summed E-state index contributed by atoms with van der Waals surface area (Å²) in [6.07, 6.45) is 4.45. The zero-order chi connectivity index (χ0) is 13.2. The molecule has 0 aliphatic carbocycles. The number of piperidine rings is 1. The number of carbonyl (C=O) groups is 1. The third-order valence-electron chi connectivity index (χ3n) is 4.48. The number of nitrogens with one attached hydrogen (secondary N) is 1. The molecule has 2 aliphatic heterocycles. The number of carbonyl (C=O) groups excluding carboxylic acids is 1. The van der Waals surface area contributed by atoms with Crippen LogP contribution in [0.1, 0.15) is 31.7 Å². The second kappa shape index (κ2) is 5.24. The highest BCUT2D eigenvalue weighted by atomic mass is 16.2. The maximum Gasteiger partial charge on any atom is 0.245 e. The molecule has 0 saturated carbocycles. The molecular formula is C16H22N2O. The maximum atomic E-state index is 12.6. The first-order valence-corrected chi connectivity index (χ1v) is 7.41. The van der Waals surface area contributed by atoms with Gasteiger partial charge < -0.3 is 10.2 Å². The first-order chi connectivity index (χ1) is 9.28. The predicted molar refractivity (Wildman–Crippen MR) is 77.2 cm³/mol. The maximum absolute atomic E-state index is 12.6. The first-order valence-electron chi connectivity index (χ1n) is 7.41. The molecule has 0 spiro atoms. The van der Waals surface area contributed by atoms with E-state index < -0.39 is 0 Å². The van der Waals surface area contributed by atoms with E-state index in [1.54, 1.807) is 0 Å². The van der Waals surface area contributed by atoms with Gasteiger partial charge in [0.1, 0.15) is 6.04 Å². The topological polar surface area (TPSA) is 32.3 Å². The Morgan fingerprint density at radius 3 is 3.05 bits per heavy atom. The molecule has 1 aromatic rings. The van der Waals surface area contributed by atoms with E-state index in [2.05, 4.69) is 29.3 Å². The zero-order valence-corrected chi connectivity index (χ0v) is 11.6. The van der Waals surface area contributed by atoms with Gasteiger partial charge in [-0.15, -0.1) is 0 Å². The lowest BCUT2D eigenvalue weighted by molar-refractivity contribution is -0.133. The van der Waals surface area contributed by atoms with Gasteiger partial charge in [-0.05, 0) is 30.4 Å². The summed E-state index contributed by atoms with van der Waals surface area (Å²) in [6.45, 7) is 4.11. The van der Waals surface area contributed by atoms with Crippen LogP contribution in [0.3, 0.4) is 0 Å². The highest BCUT2D eigenvalue weighted by Gasteiger charge is 2.32. The molecule has 0 aromatic heterocycles. The predicted octanol–water partition coefficient (Wildman–Crippen LogP) is 2.67. The van der Waals surface area contributed by atoms with Crippen LogP contribution in [-0.4, -0.2) is 29.9 Å². The van der Waals surface area contributed by atoms with E-state index in [-0.39, 0.29) is 11.9 Å². The Kier molecular flexibility index (Phi) is 3.45. The first kappa shape index (κ1) is 12.5. The Bertz CT molecular complexity index is 447. The Balaban J connectivity index is 1.66. The van der Waals surface area contributed by atoms with Gasteiger partial charge >= 0.3 is 0 Å². The van der Waals surface area contributed by atoms with Crippen molar-refractivity contribution in [1.29, 1.82) is 0 Å². The van der Waals surface area contributed by atoms with Gasteiger partial charge in [0.25, 0.3) is 0 Å². The molecule has 2 aliphatic rings. The van der Waals surface area contributed by atoms with Crippen LogP contribution in [0.2, 0.25) is 0 Å². The minimum absolute atomic E-state index is 0.0481. The fraction of sp³-hybridized carbons (Fsp3) is 0.562. The minimum Gasteiger partial charge on any atom is -0.373 e. The van der Waals surface area contributed by atoms with E-state index in [4.69, 9.17) is 0 Å². The zero-order valence-electron chi connectivity index (χ0n) is 11.6. The van der Waals surface area contributed by atoms with Gasteiger partial charge in [0.2, 0.25) is 5.91 Å². The second-order valence-electron chi connectivity index (χ2n) is 5.76. The third kappa shape index (κ3) is 2.46. The van der Waals surface area contributed by atoms with Crippen LogP contribution in [0, 0.1) is 5.92 Å². The normalized spacial score (nSPS) is 25.8. The molecule has 1 amide bonds. The van der Waals surface area contributed by atoms with Crippen LogP contribution in [0.5, 0.6) is 0 Å². The molecule has 1 fully saturated rings. The Hall–Kier alpha value is -1.51. The number of fused-ring (bicyclic) bond motifs is 1. The Morgan fingerprint density at radius 1 is 1.42 bits per heavy atom. The van der Waals surface area contributed by atoms with Crippen molar-refractivity contribution in [3.05, 3.63) is 29.8 Å². The number of nitrogens with zero attached hydrogens (tertiary/aromatic N) is 1. The third-order valence-corrected chi connectivity index (χ3v) is 4.48. The van der Waals surface area contributed by atoms with Crippen molar-refractivity contribution in [2.45, 2.75) is 38.6 Å². The lowest BCUT2D eigenvalue weighted by Gasteiger charge is -2.34. The second-order valence-corrected chi connectivity index (χ2v) is 5.76. The van der Waals surface area contributed by atoms with Crippen LogP contribution < -0.4 is 5.32 Å². The SMILES string of the molecule is CCC1CCCN(C(=O)C2Cc3ccccc3N2)C1. The summed E-state index contributed by atoms with van der Waals surface area (Å²) in [7, 11) is 0. The molecule has 3 nitrogen and oxygen atoms in total. The van der Waals surface area contributed by atoms with Crippen molar-refractivity contribution in [3.63, 3.8) is 0 Å². The summed E-state index contributed by atoms with van der Waals surface area (Å²) in [5, 5.41) is 3.37. The van der Waals surface area contributed by atoms with Crippen molar-refractivity contribution in [3.8, 4) is 0 Å². The average molecular weight is 258 g/mol. The van der Waals surface area contributed by atoms with E-state index in [9.17, 15) is 4.79 Å². The molecule has 1 N–H and O–H groups in total. The highest BCUT2D eigenvalue weighted by molar-refractivity contribution is 5.87. The molecule has 2 atom stereocenters. The molecule has 0 bridgehead atoms. The summed E-state index contributed by atoms with van der Waals surface area (Å²) < 4.78 is 0. The van der Waals surface area contributed by atoms with Crippen molar-refractivity contribution in [2.75, 3.05) is 18.4 Å². The van der Waals surface area contributed by atoms with Gasteiger partial charge in [-0.3, -0.25) is 4.79 Å². The molecule has 1 aromatic carbocycles. The standard InChI is InChI=1S/C16H22N2O/c1-2-12-6-5-9-18(11-12)16(19)15-10-13-7-3-4-8-14(13)17-15/h3-4,7-8,12,15,17H,2,5-6,9-11H2,1H3. The lowest BCUT2D eigenvalue weighted by atomic mass is 9.95. The number of hydrogen-bond donors (Lipinski definition) is 1. The van der Waals surface area contributed by atoms with E-state index in [0.717, 1.165) is 31.6 Å². The van der Waals surface area contributed by atoms with Gasteiger partial charge in [-0.1, -0.05) is 31.5 Å². The largest absolute Gasteiger partial charge is 0.373 e. The number of likely N-dealkylation sites (tertiary alicyclic amines) is 1. The fourth-order valence-electron chi connectivity index (χ4n) is 3.27. The number of para-hydroxylation sites is 1. The summed E-state index contributed by atoms with van der Waals surface area (Å²) in [5.74, 6) is 0.982. The smallest absolute Gasteiger partial charge is 0.245 e. The lowest BCUT2D eigenvalue weighted by Crippen LogP contribution is -2.46. The van der Waals surface area contributed by atoms with Crippen molar-refractivity contribution < 1.29 is 4.79 Å². The summed E-state index contributed by atoms with van der Waals surface area (Å²) in [6, 6.07) is 8.19. The van der Waals surface area contributed by atoms with Crippen LogP contribution in [0.15, 0.2) is 24.3 Å². The average Bonchev–Trinajstić information content (AvgIpc) is 2.90. The minimum atomic E-state index is -0.0481. The van der Waals surface area contributed by atoms with Crippen molar-refractivity contribution >= 4 is 11.6 Å². The van der Waals surface area contributed by atoms with Gasteiger partial charge in [0.15, 0.2) is 0 Å². The fourth-order valence-corrected chi connectivity index (χ4v) is 3.27. The Labute approximate surface area is 115 Å². The van der Waals surface area contributed by atoms with Gasteiger partial charge in [-0.2, -0.15) is 0 Å². The number of anilines is 1. The van der Waals surface area contributed by atoms with Crippen LogP contribution in [-0.2, 0) is 11.2 Å². The Morgan fingerprint density at radius 2 is 2.26 bits per heavy atom. The van der Waals surface area contributed by atoms with Gasteiger partial charge in [-0.25, -0.2) is 0 Å². The van der Waals surface area contributed by atoms with Crippen molar-refractivity contribution in [1.82, 2.24) is 4.90 Å². The summed E-state index contributed by atoms with van der Waals surface area (Å²) in [5.41, 5.74) is 2.40. The molecule has 3 rings (SSSR count). The molecule has 19 heavy (non-hydrogen) atoms. The summed E-state index contributed by atoms with van der Waals surface area (Å²) >= 11 is 0. The van der Waals surface area contributed by atoms with E-state index in [1.807, 2.05) is 12.1 Å². The molecule has 1 saturated heterocycles. The number of benzene rings is 1. The van der Waals surface area contributed by atoms with E-state index >= 15 is 0 Å². The molecule has 2 unspecified atom stereocenters. The molecule has 0 radical (unpaired) electrons. The van der Waals surface area contributed by atoms with Crippen LogP contribution in [0.25, 0.3) is 0 Å². The summed E-state index contributed by atoms with van der Waals surface area (Å²) in [4.78, 5) is 14.7. The highest BCUT2D eigenvalue weighted by Crippen LogP contribution is 2.27.